The second-order valence-electron chi connectivity index (χ2n) is 6.92. The van der Waals surface area contributed by atoms with Crippen molar-refractivity contribution in [2.24, 2.45) is 5.92 Å². The number of fused-ring (bicyclic) bond motifs is 1. The molecule has 6 heteroatoms. The molecule has 1 aliphatic rings. The molecule has 1 amide bonds. The zero-order valence-corrected chi connectivity index (χ0v) is 14.3. The highest BCUT2D eigenvalue weighted by atomic mass is 16.6. The Hall–Kier alpha value is -1.82. The molecule has 0 bridgehead atoms. The molecule has 1 aromatic rings. The summed E-state index contributed by atoms with van der Waals surface area (Å²) >= 11 is 0. The zero-order valence-electron chi connectivity index (χ0n) is 14.3. The van der Waals surface area contributed by atoms with Crippen molar-refractivity contribution in [3.63, 3.8) is 0 Å². The first-order valence-corrected chi connectivity index (χ1v) is 7.98. The molecule has 6 nitrogen and oxygen atoms in total. The quantitative estimate of drug-likeness (QED) is 0.811. The summed E-state index contributed by atoms with van der Waals surface area (Å²) < 4.78 is 10.8. The number of rotatable bonds is 5. The van der Waals surface area contributed by atoms with Crippen molar-refractivity contribution in [2.75, 3.05) is 19.8 Å². The fraction of sp³-hybridized carbons (Fsp3) is 0.647. The summed E-state index contributed by atoms with van der Waals surface area (Å²) in [6.07, 6.45) is 1.29. The number of aromatic nitrogens is 1. The zero-order chi connectivity index (χ0) is 17.0. The minimum absolute atomic E-state index is 0.199. The highest BCUT2D eigenvalue weighted by Crippen LogP contribution is 2.30. The Morgan fingerprint density at radius 2 is 2.17 bits per heavy atom. The molecule has 0 aliphatic heterocycles. The molecule has 1 heterocycles. The van der Waals surface area contributed by atoms with Gasteiger partial charge >= 0.3 is 6.09 Å². The summed E-state index contributed by atoms with van der Waals surface area (Å²) in [4.78, 5) is 16.0. The van der Waals surface area contributed by atoms with Crippen LogP contribution >= 0.6 is 0 Å². The summed E-state index contributed by atoms with van der Waals surface area (Å²) in [6.45, 7) is 8.30. The number of aliphatic hydroxyl groups excluding tert-OH is 1. The lowest BCUT2D eigenvalue weighted by Crippen LogP contribution is -2.34. The standard InChI is InChI=1S/C17H26N2O4/c1-11-14-8-12(10-20)7-13(14)9-15(19-11)22-6-5-18-16(21)23-17(2,3)4/h9,12,20H,5-8,10H2,1-4H3,(H,18,21). The van der Waals surface area contributed by atoms with E-state index < -0.39 is 11.7 Å². The van der Waals surface area contributed by atoms with E-state index in [1.165, 1.54) is 11.1 Å². The van der Waals surface area contributed by atoms with E-state index in [9.17, 15) is 9.90 Å². The van der Waals surface area contributed by atoms with Gasteiger partial charge in [-0.15, -0.1) is 0 Å². The third-order valence-corrected chi connectivity index (χ3v) is 3.68. The molecule has 128 valence electrons. The lowest BCUT2D eigenvalue weighted by Gasteiger charge is -2.19. The number of carbonyl (C=O) groups is 1. The highest BCUT2D eigenvalue weighted by molar-refractivity contribution is 5.67. The molecule has 0 saturated carbocycles. The van der Waals surface area contributed by atoms with Gasteiger partial charge in [0.25, 0.3) is 0 Å². The molecule has 1 unspecified atom stereocenters. The van der Waals surface area contributed by atoms with Crippen LogP contribution in [0.3, 0.4) is 0 Å². The summed E-state index contributed by atoms with van der Waals surface area (Å²) in [5.74, 6) is 0.848. The minimum Gasteiger partial charge on any atom is -0.476 e. The topological polar surface area (TPSA) is 80.7 Å². The van der Waals surface area contributed by atoms with Crippen molar-refractivity contribution in [1.29, 1.82) is 0 Å². The average molecular weight is 322 g/mol. The minimum atomic E-state index is -0.507. The fourth-order valence-electron chi connectivity index (χ4n) is 2.69. The van der Waals surface area contributed by atoms with E-state index in [1.807, 2.05) is 33.8 Å². The van der Waals surface area contributed by atoms with Crippen LogP contribution in [0.1, 0.15) is 37.6 Å². The van der Waals surface area contributed by atoms with Crippen molar-refractivity contribution >= 4 is 6.09 Å². The lowest BCUT2D eigenvalue weighted by atomic mass is 10.1. The fourth-order valence-corrected chi connectivity index (χ4v) is 2.69. The van der Waals surface area contributed by atoms with Gasteiger partial charge in [0.15, 0.2) is 0 Å². The van der Waals surface area contributed by atoms with Crippen LogP contribution in [0.5, 0.6) is 5.88 Å². The van der Waals surface area contributed by atoms with Crippen LogP contribution < -0.4 is 10.1 Å². The number of nitrogens with zero attached hydrogens (tertiary/aromatic N) is 1. The Balaban J connectivity index is 1.81. The van der Waals surface area contributed by atoms with Crippen LogP contribution in [-0.2, 0) is 17.6 Å². The lowest BCUT2D eigenvalue weighted by molar-refractivity contribution is 0.0520. The molecule has 23 heavy (non-hydrogen) atoms. The summed E-state index contributed by atoms with van der Waals surface area (Å²) in [6, 6.07) is 1.94. The number of alkyl carbamates (subject to hydrolysis) is 1. The predicted molar refractivity (Wildman–Crippen MR) is 86.7 cm³/mol. The Bertz CT molecular complexity index is 566. The number of hydrogen-bond donors (Lipinski definition) is 2. The van der Waals surface area contributed by atoms with Gasteiger partial charge in [0.1, 0.15) is 12.2 Å². The van der Waals surface area contributed by atoms with E-state index >= 15 is 0 Å². The van der Waals surface area contributed by atoms with Gasteiger partial charge in [0.05, 0.1) is 6.54 Å². The van der Waals surface area contributed by atoms with Crippen LogP contribution in [0.15, 0.2) is 6.07 Å². The maximum Gasteiger partial charge on any atom is 0.407 e. The average Bonchev–Trinajstić information content (AvgIpc) is 2.85. The molecule has 0 spiro atoms. The summed E-state index contributed by atoms with van der Waals surface area (Å²) in [5, 5.41) is 11.9. The molecule has 0 aromatic carbocycles. The molecule has 1 atom stereocenters. The number of ether oxygens (including phenoxy) is 2. The van der Waals surface area contributed by atoms with Gasteiger partial charge in [-0.25, -0.2) is 9.78 Å². The molecule has 2 N–H and O–H groups in total. The van der Waals surface area contributed by atoms with Crippen molar-refractivity contribution in [2.45, 2.75) is 46.1 Å². The first-order chi connectivity index (χ1) is 10.8. The molecule has 0 radical (unpaired) electrons. The van der Waals surface area contributed by atoms with Crippen molar-refractivity contribution in [3.05, 3.63) is 22.9 Å². The number of pyridine rings is 1. The smallest absolute Gasteiger partial charge is 0.407 e. The van der Waals surface area contributed by atoms with E-state index in [0.29, 0.717) is 19.0 Å². The number of aryl methyl sites for hydroxylation is 1. The largest absolute Gasteiger partial charge is 0.476 e. The highest BCUT2D eigenvalue weighted by Gasteiger charge is 2.24. The maximum absolute atomic E-state index is 11.5. The summed E-state index contributed by atoms with van der Waals surface area (Å²) in [7, 11) is 0. The number of hydrogen-bond acceptors (Lipinski definition) is 5. The van der Waals surface area contributed by atoms with Crippen molar-refractivity contribution in [1.82, 2.24) is 10.3 Å². The second-order valence-corrected chi connectivity index (χ2v) is 6.92. The second kappa shape index (κ2) is 7.17. The number of amides is 1. The Morgan fingerprint density at radius 3 is 2.83 bits per heavy atom. The number of aliphatic hydroxyl groups is 1. The van der Waals surface area contributed by atoms with E-state index in [2.05, 4.69) is 10.3 Å². The van der Waals surface area contributed by atoms with Crippen LogP contribution in [0, 0.1) is 12.8 Å². The predicted octanol–water partition coefficient (Wildman–Crippen LogP) is 2.00. The summed E-state index contributed by atoms with van der Waals surface area (Å²) in [5.41, 5.74) is 2.87. The molecule has 0 fully saturated rings. The Kier molecular flexibility index (Phi) is 5.46. The van der Waals surface area contributed by atoms with E-state index in [1.54, 1.807) is 0 Å². The van der Waals surface area contributed by atoms with Crippen LogP contribution in [0.25, 0.3) is 0 Å². The van der Waals surface area contributed by atoms with Crippen LogP contribution in [-0.4, -0.2) is 41.5 Å². The normalized spacial score (nSPS) is 16.8. The number of nitrogens with one attached hydrogen (secondary N) is 1. The molecule has 1 aliphatic carbocycles. The van der Waals surface area contributed by atoms with Crippen LogP contribution in [0.4, 0.5) is 4.79 Å². The molecule has 2 rings (SSSR count). The van der Waals surface area contributed by atoms with Crippen molar-refractivity contribution < 1.29 is 19.4 Å². The maximum atomic E-state index is 11.5. The molecular weight excluding hydrogens is 296 g/mol. The SMILES string of the molecule is Cc1nc(OCCNC(=O)OC(C)(C)C)cc2c1CC(CO)C2. The molecule has 1 aromatic heterocycles. The van der Waals surface area contributed by atoms with Gasteiger partial charge in [0.2, 0.25) is 5.88 Å². The third kappa shape index (κ3) is 5.10. The molecular formula is C17H26N2O4. The first kappa shape index (κ1) is 17.5. The van der Waals surface area contributed by atoms with Gasteiger partial charge < -0.3 is 19.9 Å². The van der Waals surface area contributed by atoms with Crippen molar-refractivity contribution in [3.8, 4) is 5.88 Å². The van der Waals surface area contributed by atoms with Gasteiger partial charge in [-0.05, 0) is 57.6 Å². The Labute approximate surface area is 137 Å². The molecule has 0 saturated heterocycles. The van der Waals surface area contributed by atoms with Crippen LogP contribution in [0.2, 0.25) is 0 Å². The van der Waals surface area contributed by atoms with E-state index in [4.69, 9.17) is 9.47 Å². The third-order valence-electron chi connectivity index (χ3n) is 3.68. The Morgan fingerprint density at radius 1 is 1.43 bits per heavy atom. The number of carbonyl (C=O) groups excluding carboxylic acids is 1. The van der Waals surface area contributed by atoms with E-state index in [0.717, 1.165) is 18.5 Å². The van der Waals surface area contributed by atoms with Gasteiger partial charge in [-0.1, -0.05) is 0 Å². The first-order valence-electron chi connectivity index (χ1n) is 7.98. The van der Waals surface area contributed by atoms with E-state index in [-0.39, 0.29) is 12.5 Å². The van der Waals surface area contributed by atoms with Gasteiger partial charge in [0, 0.05) is 18.4 Å². The monoisotopic (exact) mass is 322 g/mol. The van der Waals surface area contributed by atoms with Gasteiger partial charge in [-0.2, -0.15) is 0 Å². The van der Waals surface area contributed by atoms with Gasteiger partial charge in [-0.3, -0.25) is 0 Å².